The monoisotopic (exact) mass is 467 g/mol. The number of hydrogen-bond donors (Lipinski definition) is 2. The molecule has 176 valence electrons. The molecule has 3 N–H and O–H groups in total. The summed E-state index contributed by atoms with van der Waals surface area (Å²) in [6.45, 7) is 5.98. The first-order valence-electron chi connectivity index (χ1n) is 11.3. The SMILES string of the molecule is CC(C)(C#N)c1cc(-c2cnc(N)c(-c3cc(-c4ccc(CNC5COC5)cc4)no3)n2)ccn1. The van der Waals surface area contributed by atoms with Crippen LogP contribution in [0.2, 0.25) is 0 Å². The molecule has 1 aromatic carbocycles. The molecule has 4 aromatic rings. The highest BCUT2D eigenvalue weighted by molar-refractivity contribution is 5.73. The third-order valence-corrected chi connectivity index (χ3v) is 6.00. The van der Waals surface area contributed by atoms with Crippen LogP contribution in [0.15, 0.2) is 59.4 Å². The minimum absolute atomic E-state index is 0.240. The van der Waals surface area contributed by atoms with Crippen LogP contribution in [0.3, 0.4) is 0 Å². The van der Waals surface area contributed by atoms with Crippen molar-refractivity contribution >= 4 is 5.82 Å². The van der Waals surface area contributed by atoms with E-state index in [2.05, 4.69) is 43.6 Å². The Hall–Kier alpha value is -4.13. The van der Waals surface area contributed by atoms with Crippen molar-refractivity contribution in [2.24, 2.45) is 0 Å². The van der Waals surface area contributed by atoms with E-state index < -0.39 is 5.41 Å². The first kappa shape index (κ1) is 22.7. The van der Waals surface area contributed by atoms with Gasteiger partial charge in [-0.05, 0) is 31.5 Å². The highest BCUT2D eigenvalue weighted by atomic mass is 16.5. The molecule has 1 saturated heterocycles. The fraction of sp³-hybridized carbons (Fsp3) is 0.269. The Morgan fingerprint density at radius 1 is 1.09 bits per heavy atom. The molecular weight excluding hydrogens is 442 g/mol. The van der Waals surface area contributed by atoms with Gasteiger partial charge < -0.3 is 20.3 Å². The zero-order valence-electron chi connectivity index (χ0n) is 19.5. The maximum Gasteiger partial charge on any atom is 0.189 e. The summed E-state index contributed by atoms with van der Waals surface area (Å²) in [6.07, 6.45) is 3.25. The number of nitrogens with zero attached hydrogens (tertiary/aromatic N) is 5. The van der Waals surface area contributed by atoms with E-state index in [1.54, 1.807) is 18.5 Å². The Bertz CT molecular complexity index is 1390. The van der Waals surface area contributed by atoms with Crippen LogP contribution >= 0.6 is 0 Å². The molecule has 4 heterocycles. The molecule has 0 saturated carbocycles. The summed E-state index contributed by atoms with van der Waals surface area (Å²) in [5.41, 5.74) is 10.6. The van der Waals surface area contributed by atoms with Gasteiger partial charge >= 0.3 is 0 Å². The largest absolute Gasteiger partial charge is 0.382 e. The maximum absolute atomic E-state index is 9.45. The highest BCUT2D eigenvalue weighted by Gasteiger charge is 2.22. The molecule has 0 bridgehead atoms. The van der Waals surface area contributed by atoms with Crippen LogP contribution in [0.4, 0.5) is 5.82 Å². The normalized spacial score (nSPS) is 13.9. The lowest BCUT2D eigenvalue weighted by Crippen LogP contribution is -2.45. The molecule has 35 heavy (non-hydrogen) atoms. The first-order valence-corrected chi connectivity index (χ1v) is 11.3. The molecular formula is C26H25N7O2. The van der Waals surface area contributed by atoms with E-state index in [0.717, 1.165) is 30.9 Å². The van der Waals surface area contributed by atoms with Crippen LogP contribution in [0, 0.1) is 11.3 Å². The quantitative estimate of drug-likeness (QED) is 0.416. The van der Waals surface area contributed by atoms with Crippen molar-refractivity contribution < 1.29 is 9.26 Å². The lowest BCUT2D eigenvalue weighted by molar-refractivity contribution is -0.00578. The maximum atomic E-state index is 9.45. The van der Waals surface area contributed by atoms with E-state index >= 15 is 0 Å². The van der Waals surface area contributed by atoms with Gasteiger partial charge in [-0.2, -0.15) is 5.26 Å². The lowest BCUT2D eigenvalue weighted by atomic mass is 9.90. The summed E-state index contributed by atoms with van der Waals surface area (Å²) >= 11 is 0. The smallest absolute Gasteiger partial charge is 0.189 e. The zero-order valence-corrected chi connectivity index (χ0v) is 19.5. The average Bonchev–Trinajstić information content (AvgIpc) is 3.34. The average molecular weight is 468 g/mol. The van der Waals surface area contributed by atoms with Crippen molar-refractivity contribution in [1.29, 1.82) is 5.26 Å². The number of aromatic nitrogens is 4. The Kier molecular flexibility index (Phi) is 5.99. The molecule has 5 rings (SSSR count). The number of pyridine rings is 1. The molecule has 0 aliphatic carbocycles. The molecule has 0 radical (unpaired) electrons. The topological polar surface area (TPSA) is 136 Å². The summed E-state index contributed by atoms with van der Waals surface area (Å²) in [5, 5.41) is 17.1. The van der Waals surface area contributed by atoms with Gasteiger partial charge in [-0.3, -0.25) is 4.98 Å². The van der Waals surface area contributed by atoms with E-state index in [0.29, 0.717) is 34.6 Å². The van der Waals surface area contributed by atoms with Crippen LogP contribution in [-0.2, 0) is 16.7 Å². The molecule has 0 spiro atoms. The molecule has 3 aromatic heterocycles. The molecule has 1 aliphatic heterocycles. The number of nitrogens with two attached hydrogens (primary N) is 1. The summed E-state index contributed by atoms with van der Waals surface area (Å²) < 4.78 is 10.8. The second-order valence-corrected chi connectivity index (χ2v) is 9.04. The number of nitrogen functional groups attached to an aromatic ring is 1. The predicted molar refractivity (Wildman–Crippen MR) is 131 cm³/mol. The van der Waals surface area contributed by atoms with Crippen molar-refractivity contribution in [1.82, 2.24) is 25.4 Å². The Labute approximate surface area is 203 Å². The van der Waals surface area contributed by atoms with Gasteiger partial charge in [0.05, 0.1) is 48.3 Å². The van der Waals surface area contributed by atoms with Crippen molar-refractivity contribution in [3.05, 3.63) is 66.1 Å². The van der Waals surface area contributed by atoms with E-state index in [1.807, 2.05) is 38.1 Å². The minimum atomic E-state index is -0.725. The number of nitriles is 1. The molecule has 1 fully saturated rings. The summed E-state index contributed by atoms with van der Waals surface area (Å²) in [7, 11) is 0. The number of anilines is 1. The molecule has 9 heteroatoms. The number of ether oxygens (including phenoxy) is 1. The van der Waals surface area contributed by atoms with Gasteiger partial charge in [-0.1, -0.05) is 29.4 Å². The van der Waals surface area contributed by atoms with Gasteiger partial charge in [0.1, 0.15) is 5.69 Å². The van der Waals surface area contributed by atoms with Crippen LogP contribution in [0.5, 0.6) is 0 Å². The first-order chi connectivity index (χ1) is 16.9. The van der Waals surface area contributed by atoms with E-state index in [9.17, 15) is 5.26 Å². The fourth-order valence-electron chi connectivity index (χ4n) is 3.64. The molecule has 0 atom stereocenters. The van der Waals surface area contributed by atoms with Crippen LogP contribution in [0.25, 0.3) is 34.0 Å². The van der Waals surface area contributed by atoms with Gasteiger partial charge in [0, 0.05) is 29.9 Å². The van der Waals surface area contributed by atoms with Crippen molar-refractivity contribution in [3.8, 4) is 40.0 Å². The molecule has 0 amide bonds. The predicted octanol–water partition coefficient (Wildman–Crippen LogP) is 3.73. The Morgan fingerprint density at radius 2 is 1.89 bits per heavy atom. The molecule has 9 nitrogen and oxygen atoms in total. The van der Waals surface area contributed by atoms with Crippen molar-refractivity contribution in [2.75, 3.05) is 18.9 Å². The fourth-order valence-corrected chi connectivity index (χ4v) is 3.64. The lowest BCUT2D eigenvalue weighted by Gasteiger charge is -2.27. The van der Waals surface area contributed by atoms with Gasteiger partial charge in [-0.25, -0.2) is 9.97 Å². The zero-order chi connectivity index (χ0) is 24.4. The van der Waals surface area contributed by atoms with Crippen LogP contribution in [0.1, 0.15) is 25.1 Å². The molecule has 1 aliphatic rings. The third-order valence-electron chi connectivity index (χ3n) is 6.00. The minimum Gasteiger partial charge on any atom is -0.382 e. The number of nitrogens with one attached hydrogen (secondary N) is 1. The Morgan fingerprint density at radius 3 is 2.60 bits per heavy atom. The number of hydrogen-bond acceptors (Lipinski definition) is 9. The van der Waals surface area contributed by atoms with Crippen molar-refractivity contribution in [2.45, 2.75) is 31.8 Å². The second-order valence-electron chi connectivity index (χ2n) is 9.04. The van der Waals surface area contributed by atoms with Gasteiger partial charge in [0.2, 0.25) is 0 Å². The van der Waals surface area contributed by atoms with E-state index in [4.69, 9.17) is 15.0 Å². The van der Waals surface area contributed by atoms with Gasteiger partial charge in [-0.15, -0.1) is 0 Å². The standard InChI is InChI=1S/C26H25N7O2/c1-26(2,15-27)23-9-18(7-8-29-23)21-12-31-25(28)24(32-21)22-10-20(33-35-22)17-5-3-16(4-6-17)11-30-19-13-34-14-19/h3-10,12,19,30H,11,13-14H2,1-2H3,(H2,28,31). The third kappa shape index (κ3) is 4.75. The van der Waals surface area contributed by atoms with E-state index in [1.165, 1.54) is 5.56 Å². The Balaban J connectivity index is 1.38. The summed E-state index contributed by atoms with van der Waals surface area (Å²) in [5.74, 6) is 0.665. The number of benzene rings is 1. The summed E-state index contributed by atoms with van der Waals surface area (Å²) in [4.78, 5) is 13.3. The highest BCUT2D eigenvalue weighted by Crippen LogP contribution is 2.31. The van der Waals surface area contributed by atoms with Crippen molar-refractivity contribution in [3.63, 3.8) is 0 Å². The van der Waals surface area contributed by atoms with Gasteiger partial charge in [0.25, 0.3) is 0 Å². The van der Waals surface area contributed by atoms with Crippen LogP contribution < -0.4 is 11.1 Å². The summed E-state index contributed by atoms with van der Waals surface area (Å²) in [6, 6.07) is 16.3. The number of rotatable bonds is 7. The van der Waals surface area contributed by atoms with Crippen LogP contribution in [-0.4, -0.2) is 39.4 Å². The molecule has 0 unspecified atom stereocenters. The van der Waals surface area contributed by atoms with E-state index in [-0.39, 0.29) is 5.82 Å². The second kappa shape index (κ2) is 9.25. The van der Waals surface area contributed by atoms with Gasteiger partial charge in [0.15, 0.2) is 17.3 Å².